The third-order valence-corrected chi connectivity index (χ3v) is 0.916. The van der Waals surface area contributed by atoms with E-state index >= 15 is 0 Å². The van der Waals surface area contributed by atoms with Crippen LogP contribution < -0.4 is 0 Å². The van der Waals surface area contributed by atoms with Crippen molar-refractivity contribution in [2.24, 2.45) is 0 Å². The van der Waals surface area contributed by atoms with Gasteiger partial charge in [-0.3, -0.25) is 0 Å². The SMILES string of the molecule is O=C(O)C(O)CO.O=C(O)C(O)CO. The van der Waals surface area contributed by atoms with Crippen molar-refractivity contribution in [2.75, 3.05) is 13.2 Å². The van der Waals surface area contributed by atoms with Crippen molar-refractivity contribution < 1.29 is 40.2 Å². The van der Waals surface area contributed by atoms with Crippen molar-refractivity contribution in [1.29, 1.82) is 0 Å². The molecular formula is C6H12O8. The summed E-state index contributed by atoms with van der Waals surface area (Å²) in [5.74, 6) is -2.80. The lowest BCUT2D eigenvalue weighted by molar-refractivity contribution is -0.149. The first-order chi connectivity index (χ1) is 6.36. The molecule has 0 aromatic heterocycles. The standard InChI is InChI=1S/2C3H6O4/c2*4-1-2(5)3(6)7/h2*2,4-5H,1H2,(H,6,7). The fourth-order valence-corrected chi connectivity index (χ4v) is 0.156. The average molecular weight is 212 g/mol. The second kappa shape index (κ2) is 8.38. The Bertz CT molecular complexity index is 159. The van der Waals surface area contributed by atoms with Crippen molar-refractivity contribution in [3.8, 4) is 0 Å². The Morgan fingerprint density at radius 3 is 1.07 bits per heavy atom. The van der Waals surface area contributed by atoms with Gasteiger partial charge in [0.1, 0.15) is 0 Å². The molecule has 2 atom stereocenters. The van der Waals surface area contributed by atoms with Crippen LogP contribution in [0.3, 0.4) is 0 Å². The molecule has 0 aliphatic carbocycles. The molecule has 14 heavy (non-hydrogen) atoms. The fraction of sp³-hybridized carbons (Fsp3) is 0.667. The number of aliphatic carboxylic acids is 2. The van der Waals surface area contributed by atoms with Crippen molar-refractivity contribution in [2.45, 2.75) is 12.2 Å². The van der Waals surface area contributed by atoms with Gasteiger partial charge in [-0.1, -0.05) is 0 Å². The number of carboxylic acids is 2. The van der Waals surface area contributed by atoms with E-state index in [2.05, 4.69) is 0 Å². The second-order valence-corrected chi connectivity index (χ2v) is 2.07. The van der Waals surface area contributed by atoms with Crippen molar-refractivity contribution >= 4 is 11.9 Å². The molecule has 0 radical (unpaired) electrons. The predicted octanol–water partition coefficient (Wildman–Crippen LogP) is -3.15. The van der Waals surface area contributed by atoms with E-state index in [1.807, 2.05) is 0 Å². The van der Waals surface area contributed by atoms with Crippen LogP contribution in [0.4, 0.5) is 0 Å². The van der Waals surface area contributed by atoms with Gasteiger partial charge in [-0.25, -0.2) is 9.59 Å². The first-order valence-electron chi connectivity index (χ1n) is 3.40. The fourth-order valence-electron chi connectivity index (χ4n) is 0.156. The summed E-state index contributed by atoms with van der Waals surface area (Å²) in [6.45, 7) is -1.45. The van der Waals surface area contributed by atoms with Gasteiger partial charge >= 0.3 is 11.9 Å². The summed E-state index contributed by atoms with van der Waals surface area (Å²) in [6, 6.07) is 0. The maximum Gasteiger partial charge on any atom is 0.334 e. The Kier molecular flexibility index (Phi) is 9.14. The molecule has 0 aliphatic rings. The lowest BCUT2D eigenvalue weighted by Crippen LogP contribution is -2.22. The minimum Gasteiger partial charge on any atom is -0.479 e. The Labute approximate surface area is 78.7 Å². The van der Waals surface area contributed by atoms with Crippen LogP contribution in [0.25, 0.3) is 0 Å². The molecular weight excluding hydrogens is 200 g/mol. The first-order valence-corrected chi connectivity index (χ1v) is 3.40. The van der Waals surface area contributed by atoms with Gasteiger partial charge in [0.15, 0.2) is 12.2 Å². The number of rotatable bonds is 4. The number of hydrogen-bond acceptors (Lipinski definition) is 6. The molecule has 0 aliphatic heterocycles. The van der Waals surface area contributed by atoms with E-state index in [1.54, 1.807) is 0 Å². The number of aliphatic hydroxyl groups excluding tert-OH is 4. The zero-order valence-corrected chi connectivity index (χ0v) is 7.07. The van der Waals surface area contributed by atoms with Crippen molar-refractivity contribution in [3.63, 3.8) is 0 Å². The maximum atomic E-state index is 9.52. The van der Waals surface area contributed by atoms with Crippen LogP contribution in [0.15, 0.2) is 0 Å². The molecule has 0 heterocycles. The average Bonchev–Trinajstić information content (AvgIpc) is 2.15. The highest BCUT2D eigenvalue weighted by Gasteiger charge is 2.09. The molecule has 84 valence electrons. The van der Waals surface area contributed by atoms with E-state index in [-0.39, 0.29) is 0 Å². The molecule has 0 saturated heterocycles. The quantitative estimate of drug-likeness (QED) is 0.285. The molecule has 6 N–H and O–H groups in total. The van der Waals surface area contributed by atoms with Crippen LogP contribution in [0.1, 0.15) is 0 Å². The van der Waals surface area contributed by atoms with Crippen LogP contribution >= 0.6 is 0 Å². The summed E-state index contributed by atoms with van der Waals surface area (Å²) in [5, 5.41) is 47.5. The zero-order chi connectivity index (χ0) is 11.7. The Balaban J connectivity index is 0. The van der Waals surface area contributed by atoms with E-state index in [1.165, 1.54) is 0 Å². The van der Waals surface area contributed by atoms with Gasteiger partial charge in [0.25, 0.3) is 0 Å². The summed E-state index contributed by atoms with van der Waals surface area (Å²) in [5.41, 5.74) is 0. The summed E-state index contributed by atoms with van der Waals surface area (Å²) in [6.07, 6.45) is -3.25. The van der Waals surface area contributed by atoms with Crippen LogP contribution in [-0.4, -0.2) is 68.0 Å². The monoisotopic (exact) mass is 212 g/mol. The molecule has 0 amide bonds. The third-order valence-electron chi connectivity index (χ3n) is 0.916. The van der Waals surface area contributed by atoms with Gasteiger partial charge < -0.3 is 30.6 Å². The molecule has 0 spiro atoms. The normalized spacial score (nSPS) is 13.4. The lowest BCUT2D eigenvalue weighted by atomic mass is 10.4. The first kappa shape index (κ1) is 15.3. The minimum absolute atomic E-state index is 0.727. The van der Waals surface area contributed by atoms with Crippen LogP contribution in [0.5, 0.6) is 0 Å². The van der Waals surface area contributed by atoms with Gasteiger partial charge in [-0.15, -0.1) is 0 Å². The highest BCUT2D eigenvalue weighted by molar-refractivity contribution is 5.72. The molecule has 8 nitrogen and oxygen atoms in total. The van der Waals surface area contributed by atoms with Crippen LogP contribution in [-0.2, 0) is 9.59 Å². The zero-order valence-electron chi connectivity index (χ0n) is 7.07. The molecule has 0 fully saturated rings. The Morgan fingerprint density at radius 2 is 1.07 bits per heavy atom. The number of hydrogen-bond donors (Lipinski definition) is 6. The maximum absolute atomic E-state index is 9.52. The summed E-state index contributed by atoms with van der Waals surface area (Å²) in [4.78, 5) is 19.0. The molecule has 0 aromatic carbocycles. The summed E-state index contributed by atoms with van der Waals surface area (Å²) in [7, 11) is 0. The Morgan fingerprint density at radius 1 is 0.857 bits per heavy atom. The molecule has 2 unspecified atom stereocenters. The highest BCUT2D eigenvalue weighted by Crippen LogP contribution is 1.76. The molecule has 0 rings (SSSR count). The molecule has 0 saturated carbocycles. The van der Waals surface area contributed by atoms with Gasteiger partial charge in [0.05, 0.1) is 13.2 Å². The van der Waals surface area contributed by atoms with Gasteiger partial charge in [-0.05, 0) is 0 Å². The highest BCUT2D eigenvalue weighted by atomic mass is 16.4. The minimum atomic E-state index is -1.63. The van der Waals surface area contributed by atoms with Gasteiger partial charge in [0, 0.05) is 0 Å². The third kappa shape index (κ3) is 8.87. The van der Waals surface area contributed by atoms with E-state index in [9.17, 15) is 9.59 Å². The van der Waals surface area contributed by atoms with Gasteiger partial charge in [-0.2, -0.15) is 0 Å². The smallest absolute Gasteiger partial charge is 0.334 e. The van der Waals surface area contributed by atoms with E-state index in [0.29, 0.717) is 0 Å². The van der Waals surface area contributed by atoms with E-state index < -0.39 is 37.4 Å². The molecule has 8 heteroatoms. The van der Waals surface area contributed by atoms with Gasteiger partial charge in [0.2, 0.25) is 0 Å². The van der Waals surface area contributed by atoms with E-state index in [4.69, 9.17) is 30.6 Å². The Hall–Kier alpha value is -1.22. The largest absolute Gasteiger partial charge is 0.479 e. The molecule has 0 aromatic rings. The summed E-state index contributed by atoms with van der Waals surface area (Å²) >= 11 is 0. The number of carbonyl (C=O) groups is 2. The second-order valence-electron chi connectivity index (χ2n) is 2.07. The van der Waals surface area contributed by atoms with Crippen LogP contribution in [0, 0.1) is 0 Å². The number of carboxylic acid groups (broad SMARTS) is 2. The predicted molar refractivity (Wildman–Crippen MR) is 41.5 cm³/mol. The van der Waals surface area contributed by atoms with Crippen molar-refractivity contribution in [1.82, 2.24) is 0 Å². The molecule has 0 bridgehead atoms. The summed E-state index contributed by atoms with van der Waals surface area (Å²) < 4.78 is 0. The van der Waals surface area contributed by atoms with E-state index in [0.717, 1.165) is 0 Å². The van der Waals surface area contributed by atoms with Crippen LogP contribution in [0.2, 0.25) is 0 Å². The van der Waals surface area contributed by atoms with Crippen molar-refractivity contribution in [3.05, 3.63) is 0 Å². The lowest BCUT2D eigenvalue weighted by Gasteiger charge is -1.95. The topological polar surface area (TPSA) is 156 Å². The number of aliphatic hydroxyl groups is 4.